The Morgan fingerprint density at radius 1 is 1.25 bits per heavy atom. The van der Waals surface area contributed by atoms with Crippen LogP contribution in [0.2, 0.25) is 0 Å². The number of rotatable bonds is 3. The van der Waals surface area contributed by atoms with Gasteiger partial charge in [-0.25, -0.2) is 0 Å². The lowest BCUT2D eigenvalue weighted by Gasteiger charge is -2.33. The van der Waals surface area contributed by atoms with E-state index in [1.165, 1.54) is 0 Å². The molecule has 0 saturated carbocycles. The maximum absolute atomic E-state index is 12.1. The van der Waals surface area contributed by atoms with Crippen LogP contribution in [-0.2, 0) is 0 Å². The molecule has 86 valence electrons. The van der Waals surface area contributed by atoms with Crippen LogP contribution < -0.4 is 0 Å². The van der Waals surface area contributed by atoms with Crippen molar-refractivity contribution in [2.45, 2.75) is 6.42 Å². The molecule has 1 nitrogen and oxygen atoms in total. The molecule has 0 bridgehead atoms. The Morgan fingerprint density at radius 2 is 2.00 bits per heavy atom. The molecule has 0 saturated heterocycles. The highest BCUT2D eigenvalue weighted by Crippen LogP contribution is 2.57. The van der Waals surface area contributed by atoms with Gasteiger partial charge in [-0.3, -0.25) is 4.79 Å². The number of allylic oxidation sites excluding steroid dienone is 1. The standard InChI is InChI=1S/C13H15BrOS/c14-16(9-5-2-6-10-16)11-13(15)12-7-3-1-4-8-12/h1-5,7-8H,6,9-11H2. The van der Waals surface area contributed by atoms with Crippen LogP contribution in [0.15, 0.2) is 42.5 Å². The first kappa shape index (κ1) is 11.9. The summed E-state index contributed by atoms with van der Waals surface area (Å²) in [6.07, 6.45) is 5.51. The lowest BCUT2D eigenvalue weighted by atomic mass is 10.2. The number of benzene rings is 1. The maximum atomic E-state index is 12.1. The predicted molar refractivity (Wildman–Crippen MR) is 75.6 cm³/mol. The van der Waals surface area contributed by atoms with Gasteiger partial charge >= 0.3 is 0 Å². The normalized spacial score (nSPS) is 28.3. The lowest BCUT2D eigenvalue weighted by molar-refractivity contribution is 0.102. The smallest absolute Gasteiger partial charge is 0.171 e. The molecule has 1 aromatic carbocycles. The minimum atomic E-state index is -0.911. The zero-order valence-corrected chi connectivity index (χ0v) is 11.5. The van der Waals surface area contributed by atoms with Crippen molar-refractivity contribution >= 4 is 29.1 Å². The Bertz CT molecular complexity index is 402. The van der Waals surface area contributed by atoms with Gasteiger partial charge in [0.2, 0.25) is 0 Å². The summed E-state index contributed by atoms with van der Waals surface area (Å²) in [5.41, 5.74) is 0.836. The van der Waals surface area contributed by atoms with Gasteiger partial charge < -0.3 is 0 Å². The molecule has 1 aromatic rings. The third-order valence-electron chi connectivity index (χ3n) is 2.70. The van der Waals surface area contributed by atoms with E-state index in [9.17, 15) is 4.79 Å². The van der Waals surface area contributed by atoms with Gasteiger partial charge in [0.1, 0.15) is 0 Å². The first-order valence-corrected chi connectivity index (χ1v) is 9.37. The summed E-state index contributed by atoms with van der Waals surface area (Å²) < 4.78 is 0. The molecule has 0 radical (unpaired) electrons. The molecule has 0 aliphatic carbocycles. The molecule has 0 aromatic heterocycles. The molecule has 0 N–H and O–H groups in total. The number of hydrogen-bond acceptors (Lipinski definition) is 1. The molecule has 1 aliphatic rings. The molecule has 16 heavy (non-hydrogen) atoms. The molecular weight excluding hydrogens is 284 g/mol. The third-order valence-corrected chi connectivity index (χ3v) is 7.69. The van der Waals surface area contributed by atoms with E-state index in [2.05, 4.69) is 27.0 Å². The maximum Gasteiger partial charge on any atom is 0.171 e. The molecule has 0 fully saturated rings. The zero-order chi connectivity index (χ0) is 11.4. The average Bonchev–Trinajstić information content (AvgIpc) is 2.30. The fourth-order valence-electron chi connectivity index (χ4n) is 1.79. The summed E-state index contributed by atoms with van der Waals surface area (Å²) in [6.45, 7) is 0. The van der Waals surface area contributed by atoms with Gasteiger partial charge in [0.15, 0.2) is 5.78 Å². The highest BCUT2D eigenvalue weighted by atomic mass is 79.9. The van der Waals surface area contributed by atoms with Crippen molar-refractivity contribution in [3.05, 3.63) is 48.0 Å². The van der Waals surface area contributed by atoms with Gasteiger partial charge in [-0.2, -0.15) is 8.46 Å². The quantitative estimate of drug-likeness (QED) is 0.610. The van der Waals surface area contributed by atoms with E-state index < -0.39 is 8.46 Å². The summed E-state index contributed by atoms with van der Waals surface area (Å²) in [5, 5.41) is 0. The summed E-state index contributed by atoms with van der Waals surface area (Å²) >= 11 is 3.81. The fraction of sp³-hybridized carbons (Fsp3) is 0.308. The van der Waals surface area contributed by atoms with Crippen molar-refractivity contribution < 1.29 is 4.79 Å². The second kappa shape index (κ2) is 5.19. The summed E-state index contributed by atoms with van der Waals surface area (Å²) in [5.74, 6) is 3.09. The Morgan fingerprint density at radius 3 is 2.62 bits per heavy atom. The number of halogens is 1. The monoisotopic (exact) mass is 298 g/mol. The minimum absolute atomic E-state index is 0.266. The molecule has 1 atom stereocenters. The lowest BCUT2D eigenvalue weighted by Crippen LogP contribution is -2.16. The second-order valence-electron chi connectivity index (χ2n) is 4.00. The highest BCUT2D eigenvalue weighted by molar-refractivity contribution is 9.58. The van der Waals surface area contributed by atoms with Crippen molar-refractivity contribution in [1.82, 2.24) is 0 Å². The van der Waals surface area contributed by atoms with Crippen LogP contribution in [0.3, 0.4) is 0 Å². The average molecular weight is 299 g/mol. The van der Waals surface area contributed by atoms with Gasteiger partial charge in [-0.1, -0.05) is 42.5 Å². The topological polar surface area (TPSA) is 17.1 Å². The molecule has 0 spiro atoms. The van der Waals surface area contributed by atoms with Crippen molar-refractivity contribution in [1.29, 1.82) is 0 Å². The SMILES string of the molecule is O=C(CS1(Br)CC=CCC1)c1ccccc1. The zero-order valence-electron chi connectivity index (χ0n) is 9.06. The molecule has 3 heteroatoms. The predicted octanol–water partition coefficient (Wildman–Crippen LogP) is 3.94. The molecule has 2 rings (SSSR count). The highest BCUT2D eigenvalue weighted by Gasteiger charge is 2.24. The van der Waals surface area contributed by atoms with E-state index in [0.717, 1.165) is 23.5 Å². The Balaban J connectivity index is 2.05. The summed E-state index contributed by atoms with van der Waals surface area (Å²) in [6, 6.07) is 9.58. The van der Waals surface area contributed by atoms with Crippen LogP contribution in [0.4, 0.5) is 0 Å². The van der Waals surface area contributed by atoms with E-state index in [4.69, 9.17) is 0 Å². The molecule has 1 unspecified atom stereocenters. The van der Waals surface area contributed by atoms with Gasteiger partial charge in [-0.05, 0) is 27.0 Å². The van der Waals surface area contributed by atoms with Crippen LogP contribution in [-0.4, -0.2) is 23.0 Å². The Labute approximate surface area is 105 Å². The van der Waals surface area contributed by atoms with Gasteiger partial charge in [0.05, 0.1) is 5.75 Å². The number of carbonyl (C=O) groups is 1. The van der Waals surface area contributed by atoms with E-state index in [0.29, 0.717) is 5.75 Å². The third kappa shape index (κ3) is 2.98. The first-order valence-electron chi connectivity index (χ1n) is 5.39. The molecular formula is C13H15BrOS. The van der Waals surface area contributed by atoms with Crippen LogP contribution >= 0.6 is 23.3 Å². The Hall–Kier alpha value is -0.540. The largest absolute Gasteiger partial charge is 0.293 e. The summed E-state index contributed by atoms with van der Waals surface area (Å²) in [4.78, 5) is 12.1. The van der Waals surface area contributed by atoms with E-state index >= 15 is 0 Å². The van der Waals surface area contributed by atoms with Crippen LogP contribution in [0.5, 0.6) is 0 Å². The summed E-state index contributed by atoms with van der Waals surface area (Å²) in [7, 11) is -0.911. The van der Waals surface area contributed by atoms with Gasteiger partial charge in [0, 0.05) is 11.3 Å². The number of hydrogen-bond donors (Lipinski definition) is 0. The van der Waals surface area contributed by atoms with Crippen molar-refractivity contribution in [2.24, 2.45) is 0 Å². The van der Waals surface area contributed by atoms with Crippen LogP contribution in [0.1, 0.15) is 16.8 Å². The molecule has 1 heterocycles. The number of Topliss-reactive ketones (excluding diaryl/α,β-unsaturated/α-hetero) is 1. The van der Waals surface area contributed by atoms with E-state index in [1.54, 1.807) is 0 Å². The van der Waals surface area contributed by atoms with Crippen LogP contribution in [0, 0.1) is 0 Å². The van der Waals surface area contributed by atoms with Crippen LogP contribution in [0.25, 0.3) is 0 Å². The van der Waals surface area contributed by atoms with Crippen molar-refractivity contribution in [3.63, 3.8) is 0 Å². The number of carbonyl (C=O) groups excluding carboxylic acids is 1. The molecule has 0 amide bonds. The first-order chi connectivity index (χ1) is 7.70. The van der Waals surface area contributed by atoms with Crippen molar-refractivity contribution in [3.8, 4) is 0 Å². The van der Waals surface area contributed by atoms with Gasteiger partial charge in [0.25, 0.3) is 0 Å². The minimum Gasteiger partial charge on any atom is -0.293 e. The number of ketones is 1. The second-order valence-corrected chi connectivity index (χ2v) is 11.0. The van der Waals surface area contributed by atoms with E-state index in [1.807, 2.05) is 30.3 Å². The van der Waals surface area contributed by atoms with E-state index in [-0.39, 0.29) is 5.78 Å². The fourth-order valence-corrected chi connectivity index (χ4v) is 5.54. The Kier molecular flexibility index (Phi) is 3.87. The van der Waals surface area contributed by atoms with Gasteiger partial charge in [-0.15, -0.1) is 0 Å². The van der Waals surface area contributed by atoms with Crippen molar-refractivity contribution in [2.75, 3.05) is 17.3 Å². The molecule has 1 aliphatic heterocycles.